The van der Waals surface area contributed by atoms with Gasteiger partial charge in [0.25, 0.3) is 0 Å². The van der Waals surface area contributed by atoms with Crippen LogP contribution < -0.4 is 0 Å². The molecule has 1 N–H and O–H groups in total. The van der Waals surface area contributed by atoms with Gasteiger partial charge in [0, 0.05) is 29.3 Å². The minimum absolute atomic E-state index is 0.240. The fourth-order valence-electron chi connectivity index (χ4n) is 2.51. The minimum Gasteiger partial charge on any atom is -0.285 e. The monoisotopic (exact) mass is 407 g/mol. The van der Waals surface area contributed by atoms with Gasteiger partial charge >= 0.3 is 6.18 Å². The number of hydroxylamine groups is 2. The van der Waals surface area contributed by atoms with E-state index in [4.69, 9.17) is 0 Å². The van der Waals surface area contributed by atoms with E-state index in [0.29, 0.717) is 34.6 Å². The summed E-state index contributed by atoms with van der Waals surface area (Å²) in [5.41, 5.74) is 0.848. The number of hydrogen-bond acceptors (Lipinski definition) is 4. The maximum atomic E-state index is 12.8. The Morgan fingerprint density at radius 3 is 2.43 bits per heavy atom. The van der Waals surface area contributed by atoms with Crippen LogP contribution in [0.3, 0.4) is 0 Å². The van der Waals surface area contributed by atoms with Gasteiger partial charge in [-0.3, -0.25) is 10.0 Å². The average Bonchev–Trinajstić information content (AvgIpc) is 3.05. The van der Waals surface area contributed by atoms with Crippen LogP contribution in [-0.4, -0.2) is 27.1 Å². The van der Waals surface area contributed by atoms with Gasteiger partial charge in [-0.25, -0.2) is 10.1 Å². The second kappa shape index (κ2) is 8.15. The van der Waals surface area contributed by atoms with Crippen molar-refractivity contribution in [2.24, 2.45) is 9.98 Å². The van der Waals surface area contributed by atoms with E-state index in [2.05, 4.69) is 9.98 Å². The van der Waals surface area contributed by atoms with Gasteiger partial charge in [0.1, 0.15) is 0 Å². The molecule has 2 heterocycles. The summed E-state index contributed by atoms with van der Waals surface area (Å²) in [6, 6.07) is 4.66. The van der Waals surface area contributed by atoms with Crippen molar-refractivity contribution in [2.45, 2.75) is 25.9 Å². The molecule has 146 valence electrons. The largest absolute Gasteiger partial charge is 0.416 e. The molecule has 0 saturated carbocycles. The molecule has 9 heteroatoms. The van der Waals surface area contributed by atoms with E-state index in [1.165, 1.54) is 36.3 Å². The van der Waals surface area contributed by atoms with Gasteiger partial charge in [0.05, 0.1) is 11.3 Å². The maximum absolute atomic E-state index is 12.8. The quantitative estimate of drug-likeness (QED) is 0.773. The average molecular weight is 407 g/mol. The van der Waals surface area contributed by atoms with Crippen LogP contribution in [-0.2, 0) is 11.0 Å². The zero-order valence-corrected chi connectivity index (χ0v) is 15.6. The van der Waals surface area contributed by atoms with Crippen LogP contribution >= 0.6 is 11.8 Å². The maximum Gasteiger partial charge on any atom is 0.416 e. The normalized spacial score (nSPS) is 18.2. The first-order chi connectivity index (χ1) is 13.3. The summed E-state index contributed by atoms with van der Waals surface area (Å²) < 4.78 is 38.5. The van der Waals surface area contributed by atoms with Crippen molar-refractivity contribution in [2.75, 3.05) is 0 Å². The zero-order valence-electron chi connectivity index (χ0n) is 14.8. The van der Waals surface area contributed by atoms with Crippen LogP contribution in [0.15, 0.2) is 69.3 Å². The number of amidine groups is 1. The van der Waals surface area contributed by atoms with Crippen LogP contribution in [0.1, 0.15) is 30.9 Å². The molecule has 2 aliphatic heterocycles. The second-order valence-corrected chi connectivity index (χ2v) is 6.95. The van der Waals surface area contributed by atoms with Gasteiger partial charge in [0.15, 0.2) is 5.17 Å². The molecule has 2 aliphatic rings. The van der Waals surface area contributed by atoms with Crippen molar-refractivity contribution in [3.8, 4) is 0 Å². The van der Waals surface area contributed by atoms with Gasteiger partial charge in [-0.15, -0.1) is 0 Å². The first-order valence-corrected chi connectivity index (χ1v) is 9.23. The lowest BCUT2D eigenvalue weighted by atomic mass is 10.0. The van der Waals surface area contributed by atoms with E-state index in [0.717, 1.165) is 17.2 Å². The number of carbonyl (C=O) groups excluding carboxylic acids is 1. The summed E-state index contributed by atoms with van der Waals surface area (Å²) >= 11 is 1.17. The van der Waals surface area contributed by atoms with Gasteiger partial charge < -0.3 is 0 Å². The molecule has 5 nitrogen and oxygen atoms in total. The molecule has 1 aromatic carbocycles. The number of rotatable bonds is 3. The van der Waals surface area contributed by atoms with Gasteiger partial charge in [-0.05, 0) is 48.0 Å². The van der Waals surface area contributed by atoms with Crippen molar-refractivity contribution >= 4 is 28.5 Å². The standard InChI is InChI=1S/C19H16F3N3O2S/c1-2-3-15(26)23-18-24-16(12-4-6-14(7-5-12)19(20,21)22)17(28-18)13-8-10-25(27)11-9-13/h4-11,27H,2-3H2,1H3. The van der Waals surface area contributed by atoms with Crippen LogP contribution in [0.5, 0.6) is 0 Å². The van der Waals surface area contributed by atoms with E-state index in [1.54, 1.807) is 12.2 Å². The number of alkyl halides is 3. The first-order valence-electron chi connectivity index (χ1n) is 8.42. The Kier molecular flexibility index (Phi) is 5.85. The molecule has 0 saturated heterocycles. The number of carbonyl (C=O) groups is 1. The summed E-state index contributed by atoms with van der Waals surface area (Å²) in [6.45, 7) is 1.86. The lowest BCUT2D eigenvalue weighted by Crippen LogP contribution is -2.08. The Bertz CT molecular complexity index is 913. The number of thioether (sulfide) groups is 1. The molecule has 0 bridgehead atoms. The number of hydrogen-bond donors (Lipinski definition) is 1. The molecular formula is C19H16F3N3O2S. The number of benzene rings is 1. The minimum atomic E-state index is -4.43. The van der Waals surface area contributed by atoms with E-state index in [1.807, 2.05) is 6.92 Å². The number of aliphatic imine (C=N–C) groups is 2. The fraction of sp³-hybridized carbons (Fsp3) is 0.211. The summed E-state index contributed by atoms with van der Waals surface area (Å²) in [5, 5.41) is 10.5. The molecule has 0 aliphatic carbocycles. The molecule has 0 atom stereocenters. The molecular weight excluding hydrogens is 391 g/mol. The van der Waals surface area contributed by atoms with Crippen molar-refractivity contribution < 1.29 is 23.2 Å². The SMILES string of the molecule is CCCC(=O)N=C1N=C(c2ccc(C(F)(F)F)cc2)C(=C2C=CN(O)C=C2)S1. The van der Waals surface area contributed by atoms with Crippen LogP contribution in [0.2, 0.25) is 0 Å². The lowest BCUT2D eigenvalue weighted by Gasteiger charge is -2.13. The third-order valence-corrected chi connectivity index (χ3v) is 4.86. The second-order valence-electron chi connectivity index (χ2n) is 5.97. The zero-order chi connectivity index (χ0) is 20.3. The molecule has 3 rings (SSSR count). The Labute approximate surface area is 163 Å². The Morgan fingerprint density at radius 1 is 1.21 bits per heavy atom. The molecule has 0 spiro atoms. The highest BCUT2D eigenvalue weighted by molar-refractivity contribution is 8.18. The summed E-state index contributed by atoms with van der Waals surface area (Å²) in [7, 11) is 0. The van der Waals surface area contributed by atoms with Gasteiger partial charge in [-0.2, -0.15) is 18.2 Å². The summed E-state index contributed by atoms with van der Waals surface area (Å²) in [5.74, 6) is -0.303. The highest BCUT2D eigenvalue weighted by Crippen LogP contribution is 2.36. The number of halogens is 3. The molecule has 0 aromatic heterocycles. The molecule has 0 radical (unpaired) electrons. The van der Waals surface area contributed by atoms with Crippen molar-refractivity contribution in [3.05, 3.63) is 70.4 Å². The smallest absolute Gasteiger partial charge is 0.285 e. The van der Waals surface area contributed by atoms with E-state index < -0.39 is 11.7 Å². The molecule has 0 unspecified atom stereocenters. The Balaban J connectivity index is 2.02. The third kappa shape index (κ3) is 4.60. The Morgan fingerprint density at radius 2 is 1.86 bits per heavy atom. The van der Waals surface area contributed by atoms with Crippen LogP contribution in [0.4, 0.5) is 13.2 Å². The molecule has 1 amide bonds. The fourth-order valence-corrected chi connectivity index (χ4v) is 3.49. The van der Waals surface area contributed by atoms with Gasteiger partial charge in [-0.1, -0.05) is 19.1 Å². The van der Waals surface area contributed by atoms with Crippen molar-refractivity contribution in [1.82, 2.24) is 5.06 Å². The van der Waals surface area contributed by atoms with Gasteiger partial charge in [0.2, 0.25) is 5.91 Å². The van der Waals surface area contributed by atoms with Crippen LogP contribution in [0.25, 0.3) is 0 Å². The van der Waals surface area contributed by atoms with E-state index in [9.17, 15) is 23.2 Å². The third-order valence-electron chi connectivity index (χ3n) is 3.86. The van der Waals surface area contributed by atoms with Crippen molar-refractivity contribution in [3.63, 3.8) is 0 Å². The summed E-state index contributed by atoms with van der Waals surface area (Å²) in [4.78, 5) is 20.8. The Hall–Kier alpha value is -2.65. The van der Waals surface area contributed by atoms with E-state index >= 15 is 0 Å². The first kappa shape index (κ1) is 20.1. The van der Waals surface area contributed by atoms with Crippen LogP contribution in [0, 0.1) is 0 Å². The predicted octanol–water partition coefficient (Wildman–Crippen LogP) is 4.91. The lowest BCUT2D eigenvalue weighted by molar-refractivity contribution is -0.137. The highest BCUT2D eigenvalue weighted by Gasteiger charge is 2.31. The topological polar surface area (TPSA) is 65.3 Å². The summed E-state index contributed by atoms with van der Waals surface area (Å²) in [6.07, 6.45) is 2.64. The van der Waals surface area contributed by atoms with E-state index in [-0.39, 0.29) is 11.1 Å². The molecule has 28 heavy (non-hydrogen) atoms. The number of nitrogens with zero attached hydrogens (tertiary/aromatic N) is 3. The van der Waals surface area contributed by atoms with Crippen molar-refractivity contribution in [1.29, 1.82) is 0 Å². The number of allylic oxidation sites excluding steroid dienone is 4. The highest BCUT2D eigenvalue weighted by atomic mass is 32.2. The molecule has 0 fully saturated rings. The predicted molar refractivity (Wildman–Crippen MR) is 102 cm³/mol. The number of amides is 1. The molecule has 1 aromatic rings.